The van der Waals surface area contributed by atoms with Gasteiger partial charge in [0.25, 0.3) is 0 Å². The molecule has 1 atom stereocenters. The number of nitrogens with zero attached hydrogens (tertiary/aromatic N) is 1. The van der Waals surface area contributed by atoms with Crippen LogP contribution in [0.5, 0.6) is 11.5 Å². The second-order valence-corrected chi connectivity index (χ2v) is 10.2. The van der Waals surface area contributed by atoms with Crippen LogP contribution in [0.2, 0.25) is 0 Å². The summed E-state index contributed by atoms with van der Waals surface area (Å²) >= 11 is 0. The zero-order chi connectivity index (χ0) is 24.3. The topological polar surface area (TPSA) is 51.2 Å². The lowest BCUT2D eigenvalue weighted by atomic mass is 9.91. The number of hydrogen-bond acceptors (Lipinski definition) is 5. The quantitative estimate of drug-likeness (QED) is 0.668. The lowest BCUT2D eigenvalue weighted by molar-refractivity contribution is 0.0673. The summed E-state index contributed by atoms with van der Waals surface area (Å²) in [6.45, 7) is 5.27. The lowest BCUT2D eigenvalue weighted by Gasteiger charge is -2.28. The summed E-state index contributed by atoms with van der Waals surface area (Å²) in [5, 5.41) is 12.9. The van der Waals surface area contributed by atoms with Crippen LogP contribution in [0.1, 0.15) is 55.8 Å². The molecule has 1 aliphatic carbocycles. The van der Waals surface area contributed by atoms with E-state index in [9.17, 15) is 5.11 Å². The molecule has 1 unspecified atom stereocenters. The molecule has 5 heteroatoms. The number of allylic oxidation sites excluding steroid dienone is 1. The smallest absolute Gasteiger partial charge is 0.134 e. The second-order valence-electron chi connectivity index (χ2n) is 10.2. The molecule has 0 saturated carbocycles. The highest BCUT2D eigenvalue weighted by Crippen LogP contribution is 2.37. The number of benzene rings is 2. The van der Waals surface area contributed by atoms with E-state index < -0.39 is 0 Å². The van der Waals surface area contributed by atoms with Crippen molar-refractivity contribution in [1.29, 1.82) is 0 Å². The van der Waals surface area contributed by atoms with Crippen LogP contribution < -0.4 is 19.9 Å². The molecule has 0 radical (unpaired) electrons. The van der Waals surface area contributed by atoms with Crippen LogP contribution in [0.25, 0.3) is 17.7 Å². The summed E-state index contributed by atoms with van der Waals surface area (Å²) in [6.07, 6.45) is 12.8. The van der Waals surface area contributed by atoms with E-state index in [4.69, 9.17) is 14.2 Å². The van der Waals surface area contributed by atoms with E-state index in [0.29, 0.717) is 19.6 Å². The minimum absolute atomic E-state index is 0.0530. The van der Waals surface area contributed by atoms with Crippen LogP contribution in [0.3, 0.4) is 0 Å². The van der Waals surface area contributed by atoms with Crippen molar-refractivity contribution >= 4 is 17.7 Å². The van der Waals surface area contributed by atoms with Gasteiger partial charge in [-0.25, -0.2) is 0 Å². The van der Waals surface area contributed by atoms with Crippen molar-refractivity contribution in [2.24, 2.45) is 0 Å². The van der Waals surface area contributed by atoms with Gasteiger partial charge in [0.2, 0.25) is 0 Å². The fourth-order valence-corrected chi connectivity index (χ4v) is 5.79. The van der Waals surface area contributed by atoms with E-state index in [1.807, 2.05) is 12.2 Å². The molecule has 1 N–H and O–H groups in total. The zero-order valence-electron chi connectivity index (χ0n) is 20.9. The fourth-order valence-electron chi connectivity index (χ4n) is 5.79. The van der Waals surface area contributed by atoms with Crippen molar-refractivity contribution in [3.63, 3.8) is 0 Å². The van der Waals surface area contributed by atoms with Gasteiger partial charge in [-0.2, -0.15) is 0 Å². The van der Waals surface area contributed by atoms with Gasteiger partial charge in [-0.05, 0) is 72.1 Å². The number of likely N-dealkylation sites (tertiary alicyclic amines) is 1. The Morgan fingerprint density at radius 3 is 2.64 bits per heavy atom. The minimum Gasteiger partial charge on any atom is -0.508 e. The van der Waals surface area contributed by atoms with E-state index in [2.05, 4.69) is 47.4 Å². The van der Waals surface area contributed by atoms with E-state index in [1.165, 1.54) is 38.8 Å². The first-order valence-electron chi connectivity index (χ1n) is 13.4. The highest BCUT2D eigenvalue weighted by atomic mass is 16.5. The van der Waals surface area contributed by atoms with Crippen LogP contribution in [0.15, 0.2) is 53.8 Å². The SMILES string of the molecule is OC1=Cc2c3c(ccc2=C2COC(c4ccc(OCCN5CCCCCC5)cc4)CC2=C1)=CCCO3. The van der Waals surface area contributed by atoms with Crippen LogP contribution in [0, 0.1) is 0 Å². The third kappa shape index (κ3) is 4.95. The molecule has 4 aliphatic rings. The summed E-state index contributed by atoms with van der Waals surface area (Å²) in [6, 6.07) is 12.6. The maximum atomic E-state index is 10.7. The predicted octanol–water partition coefficient (Wildman–Crippen LogP) is 4.66. The minimum atomic E-state index is -0.0530. The first kappa shape index (κ1) is 23.4. The molecule has 0 amide bonds. The second kappa shape index (κ2) is 10.5. The number of hydrogen-bond donors (Lipinski definition) is 1. The maximum absolute atomic E-state index is 10.7. The van der Waals surface area contributed by atoms with Crippen molar-refractivity contribution in [2.75, 3.05) is 39.5 Å². The molecule has 36 heavy (non-hydrogen) atoms. The normalized spacial score (nSPS) is 21.9. The van der Waals surface area contributed by atoms with Gasteiger partial charge in [0, 0.05) is 30.2 Å². The highest BCUT2D eigenvalue weighted by molar-refractivity contribution is 5.76. The highest BCUT2D eigenvalue weighted by Gasteiger charge is 2.26. The van der Waals surface area contributed by atoms with Gasteiger partial charge in [-0.15, -0.1) is 0 Å². The lowest BCUT2D eigenvalue weighted by Crippen LogP contribution is -2.29. The molecule has 6 rings (SSSR count). The van der Waals surface area contributed by atoms with Crippen LogP contribution in [-0.4, -0.2) is 49.5 Å². The molecule has 0 spiro atoms. The Kier molecular flexibility index (Phi) is 6.84. The largest absolute Gasteiger partial charge is 0.508 e. The summed E-state index contributed by atoms with van der Waals surface area (Å²) < 4.78 is 18.4. The Bertz CT molecular complexity index is 1280. The first-order valence-corrected chi connectivity index (χ1v) is 13.4. The molecule has 3 aliphatic heterocycles. The molecular formula is C31H35NO4. The van der Waals surface area contributed by atoms with Gasteiger partial charge in [0.1, 0.15) is 23.9 Å². The van der Waals surface area contributed by atoms with Crippen molar-refractivity contribution in [3.8, 4) is 11.5 Å². The van der Waals surface area contributed by atoms with Gasteiger partial charge < -0.3 is 19.3 Å². The van der Waals surface area contributed by atoms with Crippen molar-refractivity contribution in [3.05, 3.63) is 75.4 Å². The van der Waals surface area contributed by atoms with Gasteiger partial charge in [-0.1, -0.05) is 43.2 Å². The Morgan fingerprint density at radius 1 is 0.972 bits per heavy atom. The molecule has 188 valence electrons. The van der Waals surface area contributed by atoms with Crippen LogP contribution in [0.4, 0.5) is 0 Å². The molecule has 2 aromatic carbocycles. The van der Waals surface area contributed by atoms with E-state index in [1.54, 1.807) is 0 Å². The zero-order valence-corrected chi connectivity index (χ0v) is 20.9. The van der Waals surface area contributed by atoms with Crippen molar-refractivity contribution < 1.29 is 19.3 Å². The number of aliphatic hydroxyl groups excluding tert-OH is 1. The molecule has 0 aromatic heterocycles. The Hall–Kier alpha value is -3.02. The Labute approximate surface area is 213 Å². The molecule has 2 aromatic rings. The average Bonchev–Trinajstić information content (AvgIpc) is 3.25. The monoisotopic (exact) mass is 485 g/mol. The van der Waals surface area contributed by atoms with Crippen molar-refractivity contribution in [2.45, 2.75) is 44.6 Å². The Morgan fingerprint density at radius 2 is 1.81 bits per heavy atom. The van der Waals surface area contributed by atoms with Crippen molar-refractivity contribution in [1.82, 2.24) is 4.90 Å². The van der Waals surface area contributed by atoms with Gasteiger partial charge >= 0.3 is 0 Å². The summed E-state index contributed by atoms with van der Waals surface area (Å²) in [4.78, 5) is 2.52. The molecule has 2 fully saturated rings. The van der Waals surface area contributed by atoms with E-state index >= 15 is 0 Å². The summed E-state index contributed by atoms with van der Waals surface area (Å²) in [5.41, 5.74) is 4.33. The molecular weight excluding hydrogens is 450 g/mol. The third-order valence-corrected chi connectivity index (χ3v) is 7.74. The number of ether oxygens (including phenoxy) is 3. The molecule has 5 nitrogen and oxygen atoms in total. The number of rotatable bonds is 5. The van der Waals surface area contributed by atoms with Crippen LogP contribution >= 0.6 is 0 Å². The van der Waals surface area contributed by atoms with Gasteiger partial charge in [-0.3, -0.25) is 4.90 Å². The average molecular weight is 486 g/mol. The summed E-state index contributed by atoms with van der Waals surface area (Å²) in [7, 11) is 0. The number of aliphatic hydroxyl groups is 1. The van der Waals surface area contributed by atoms with Crippen LogP contribution in [-0.2, 0) is 4.74 Å². The predicted molar refractivity (Wildman–Crippen MR) is 143 cm³/mol. The molecule has 3 heterocycles. The third-order valence-electron chi connectivity index (χ3n) is 7.74. The molecule has 2 saturated heterocycles. The maximum Gasteiger partial charge on any atom is 0.134 e. The van der Waals surface area contributed by atoms with E-state index in [-0.39, 0.29) is 11.9 Å². The fraction of sp³-hybridized carbons (Fsp3) is 0.419. The first-order chi connectivity index (χ1) is 17.7. The Balaban J connectivity index is 1.15. The van der Waals surface area contributed by atoms with Gasteiger partial charge in [0.15, 0.2) is 0 Å². The van der Waals surface area contributed by atoms with Gasteiger partial charge in [0.05, 0.1) is 19.3 Å². The number of fused-ring (bicyclic) bond motifs is 4. The summed E-state index contributed by atoms with van der Waals surface area (Å²) in [5.74, 6) is 2.03. The molecule has 0 bridgehead atoms. The standard InChI is InChI=1S/C31H35NO4/c33-25-18-24-19-30(22-7-10-26(11-8-22)34-17-15-32-13-3-1-2-4-14-32)36-21-29(24)27-12-9-23-6-5-16-35-31(23)28(27)20-25/h6-12,18,20,30,33H,1-5,13-17,19,21H2. The van der Waals surface area contributed by atoms with E-state index in [0.717, 1.165) is 63.8 Å².